The first-order valence-corrected chi connectivity index (χ1v) is 8.61. The smallest absolute Gasteiger partial charge is 0.226 e. The number of nitrogens with zero attached hydrogens (tertiary/aromatic N) is 3. The lowest BCUT2D eigenvalue weighted by Crippen LogP contribution is -2.42. The fourth-order valence-corrected chi connectivity index (χ4v) is 3.72. The maximum atomic E-state index is 4.97. The third-order valence-corrected chi connectivity index (χ3v) is 5.68. The molecule has 23 heavy (non-hydrogen) atoms. The summed E-state index contributed by atoms with van der Waals surface area (Å²) in [4.78, 5) is 12.1. The molecule has 4 heteroatoms. The van der Waals surface area contributed by atoms with E-state index >= 15 is 0 Å². The molecule has 1 aliphatic heterocycles. The van der Waals surface area contributed by atoms with Crippen LogP contribution in [-0.4, -0.2) is 36.1 Å². The molecule has 1 aromatic heterocycles. The van der Waals surface area contributed by atoms with Crippen LogP contribution in [0, 0.1) is 34.6 Å². The van der Waals surface area contributed by atoms with Crippen LogP contribution in [0.25, 0.3) is 10.9 Å². The Hall–Kier alpha value is -1.68. The Balaban J connectivity index is 2.08. The van der Waals surface area contributed by atoms with Crippen LogP contribution >= 0.6 is 0 Å². The summed E-state index contributed by atoms with van der Waals surface area (Å²) in [7, 11) is 2.05. The maximum Gasteiger partial charge on any atom is 0.226 e. The largest absolute Gasteiger partial charge is 0.341 e. The average Bonchev–Trinajstić information content (AvgIpc) is 2.57. The number of benzene rings is 1. The van der Waals surface area contributed by atoms with Crippen molar-refractivity contribution in [1.29, 1.82) is 0 Å². The van der Waals surface area contributed by atoms with Crippen LogP contribution in [0.3, 0.4) is 0 Å². The van der Waals surface area contributed by atoms with Gasteiger partial charge in [-0.2, -0.15) is 0 Å². The Labute approximate surface area is 139 Å². The van der Waals surface area contributed by atoms with Gasteiger partial charge in [0.25, 0.3) is 0 Å². The van der Waals surface area contributed by atoms with Crippen molar-refractivity contribution in [3.05, 3.63) is 27.9 Å². The molecule has 3 rings (SSSR count). The first kappa shape index (κ1) is 16.2. The van der Waals surface area contributed by atoms with Gasteiger partial charge in [-0.15, -0.1) is 0 Å². The number of rotatable bonds is 2. The minimum absolute atomic E-state index is 0.627. The highest BCUT2D eigenvalue weighted by molar-refractivity contribution is 5.90. The number of anilines is 1. The SMILES string of the molecule is CNC1CCN(c2nc(C)c3c(C)c(C)c(C)c(C)c3n2)CC1. The van der Waals surface area contributed by atoms with Crippen molar-refractivity contribution in [3.63, 3.8) is 0 Å². The summed E-state index contributed by atoms with van der Waals surface area (Å²) < 4.78 is 0. The summed E-state index contributed by atoms with van der Waals surface area (Å²) in [5.41, 5.74) is 7.56. The van der Waals surface area contributed by atoms with Gasteiger partial charge in [-0.05, 0) is 76.8 Å². The zero-order chi connectivity index (χ0) is 16.7. The highest BCUT2D eigenvalue weighted by Gasteiger charge is 2.22. The molecule has 0 amide bonds. The predicted molar refractivity (Wildman–Crippen MR) is 97.5 cm³/mol. The molecular weight excluding hydrogens is 284 g/mol. The van der Waals surface area contributed by atoms with Gasteiger partial charge in [0.15, 0.2) is 0 Å². The van der Waals surface area contributed by atoms with E-state index in [-0.39, 0.29) is 0 Å². The third kappa shape index (κ3) is 2.69. The summed E-state index contributed by atoms with van der Waals surface area (Å²) in [5.74, 6) is 0.898. The summed E-state index contributed by atoms with van der Waals surface area (Å²) >= 11 is 0. The lowest BCUT2D eigenvalue weighted by Gasteiger charge is -2.32. The first-order valence-electron chi connectivity index (χ1n) is 8.61. The Morgan fingerprint density at radius 2 is 1.48 bits per heavy atom. The van der Waals surface area contributed by atoms with Crippen LogP contribution < -0.4 is 10.2 Å². The van der Waals surface area contributed by atoms with Crippen molar-refractivity contribution in [3.8, 4) is 0 Å². The van der Waals surface area contributed by atoms with Crippen LogP contribution in [0.4, 0.5) is 5.95 Å². The molecule has 0 spiro atoms. The minimum Gasteiger partial charge on any atom is -0.341 e. The number of aryl methyl sites for hydroxylation is 3. The Morgan fingerprint density at radius 1 is 0.870 bits per heavy atom. The van der Waals surface area contributed by atoms with Gasteiger partial charge in [-0.25, -0.2) is 9.97 Å². The highest BCUT2D eigenvalue weighted by Crippen LogP contribution is 2.31. The van der Waals surface area contributed by atoms with Crippen LogP contribution in [0.15, 0.2) is 0 Å². The lowest BCUT2D eigenvalue weighted by atomic mass is 9.94. The summed E-state index contributed by atoms with van der Waals surface area (Å²) in [5, 5.41) is 4.62. The Kier molecular flexibility index (Phi) is 4.28. The van der Waals surface area contributed by atoms with Gasteiger partial charge < -0.3 is 10.2 Å². The van der Waals surface area contributed by atoms with E-state index in [1.807, 2.05) is 7.05 Å². The van der Waals surface area contributed by atoms with Gasteiger partial charge in [-0.1, -0.05) is 0 Å². The molecule has 2 heterocycles. The fourth-order valence-electron chi connectivity index (χ4n) is 3.72. The molecule has 1 N–H and O–H groups in total. The predicted octanol–water partition coefficient (Wildman–Crippen LogP) is 3.36. The standard InChI is InChI=1S/C19H28N4/c1-11-12(2)14(4)18-17(13(11)3)15(5)21-19(22-18)23-9-7-16(20-6)8-10-23/h16,20H,7-10H2,1-6H3. The molecule has 124 valence electrons. The number of nitrogens with one attached hydrogen (secondary N) is 1. The van der Waals surface area contributed by atoms with Gasteiger partial charge in [-0.3, -0.25) is 0 Å². The van der Waals surface area contributed by atoms with Crippen molar-refractivity contribution in [1.82, 2.24) is 15.3 Å². The van der Waals surface area contributed by atoms with Crippen LogP contribution in [0.2, 0.25) is 0 Å². The normalized spacial score (nSPS) is 16.3. The van der Waals surface area contributed by atoms with Crippen LogP contribution in [-0.2, 0) is 0 Å². The van der Waals surface area contributed by atoms with E-state index in [1.54, 1.807) is 0 Å². The van der Waals surface area contributed by atoms with Crippen molar-refractivity contribution in [2.75, 3.05) is 25.0 Å². The monoisotopic (exact) mass is 312 g/mol. The van der Waals surface area contributed by atoms with E-state index in [0.29, 0.717) is 6.04 Å². The lowest BCUT2D eigenvalue weighted by molar-refractivity contribution is 0.439. The summed E-state index contributed by atoms with van der Waals surface area (Å²) in [6, 6.07) is 0.627. The molecule has 1 fully saturated rings. The van der Waals surface area contributed by atoms with E-state index in [9.17, 15) is 0 Å². The number of aromatic nitrogens is 2. The van der Waals surface area contributed by atoms with Crippen molar-refractivity contribution < 1.29 is 0 Å². The number of hydrogen-bond donors (Lipinski definition) is 1. The zero-order valence-corrected chi connectivity index (χ0v) is 15.2. The van der Waals surface area contributed by atoms with E-state index < -0.39 is 0 Å². The molecule has 2 aromatic rings. The van der Waals surface area contributed by atoms with Crippen molar-refractivity contribution in [2.45, 2.75) is 53.5 Å². The number of hydrogen-bond acceptors (Lipinski definition) is 4. The maximum absolute atomic E-state index is 4.97. The van der Waals surface area contributed by atoms with Gasteiger partial charge >= 0.3 is 0 Å². The van der Waals surface area contributed by atoms with Gasteiger partial charge in [0.2, 0.25) is 5.95 Å². The second-order valence-electron chi connectivity index (χ2n) is 6.88. The Bertz CT molecular complexity index is 743. The van der Waals surface area contributed by atoms with Gasteiger partial charge in [0, 0.05) is 24.5 Å². The topological polar surface area (TPSA) is 41.0 Å². The molecule has 1 aliphatic rings. The molecule has 0 atom stereocenters. The van der Waals surface area contributed by atoms with E-state index in [0.717, 1.165) is 43.1 Å². The highest BCUT2D eigenvalue weighted by atomic mass is 15.3. The van der Waals surface area contributed by atoms with Crippen molar-refractivity contribution in [2.24, 2.45) is 0 Å². The van der Waals surface area contributed by atoms with Crippen molar-refractivity contribution >= 4 is 16.9 Å². The first-order chi connectivity index (χ1) is 10.9. The molecule has 0 aliphatic carbocycles. The molecule has 1 aromatic carbocycles. The third-order valence-electron chi connectivity index (χ3n) is 5.68. The van der Waals surface area contributed by atoms with E-state index in [2.05, 4.69) is 44.8 Å². The minimum atomic E-state index is 0.627. The number of piperidine rings is 1. The molecule has 0 radical (unpaired) electrons. The quantitative estimate of drug-likeness (QED) is 0.923. The second kappa shape index (κ2) is 6.08. The number of fused-ring (bicyclic) bond motifs is 1. The summed E-state index contributed by atoms with van der Waals surface area (Å²) in [6.45, 7) is 13.0. The zero-order valence-electron chi connectivity index (χ0n) is 15.2. The Morgan fingerprint density at radius 3 is 2.09 bits per heavy atom. The molecule has 0 unspecified atom stereocenters. The van der Waals surface area contributed by atoms with E-state index in [4.69, 9.17) is 9.97 Å². The molecular formula is C19H28N4. The van der Waals surface area contributed by atoms with Crippen LogP contribution in [0.1, 0.15) is 40.8 Å². The van der Waals surface area contributed by atoms with E-state index in [1.165, 1.54) is 27.6 Å². The molecule has 0 saturated carbocycles. The molecule has 0 bridgehead atoms. The second-order valence-corrected chi connectivity index (χ2v) is 6.88. The molecule has 4 nitrogen and oxygen atoms in total. The average molecular weight is 312 g/mol. The summed E-state index contributed by atoms with van der Waals surface area (Å²) in [6.07, 6.45) is 2.31. The van der Waals surface area contributed by atoms with Gasteiger partial charge in [0.05, 0.1) is 11.2 Å². The fraction of sp³-hybridized carbons (Fsp3) is 0.579. The van der Waals surface area contributed by atoms with Gasteiger partial charge in [0.1, 0.15) is 0 Å². The van der Waals surface area contributed by atoms with Crippen LogP contribution in [0.5, 0.6) is 0 Å². The molecule has 1 saturated heterocycles.